The molecule has 2 heterocycles. The van der Waals surface area contributed by atoms with E-state index in [0.29, 0.717) is 22.6 Å². The number of phenols is 2. The van der Waals surface area contributed by atoms with E-state index in [-0.39, 0.29) is 11.5 Å². The van der Waals surface area contributed by atoms with E-state index in [1.54, 1.807) is 6.07 Å². The van der Waals surface area contributed by atoms with E-state index in [2.05, 4.69) is 40.0 Å². The lowest BCUT2D eigenvalue weighted by molar-refractivity contribution is 0.447. The summed E-state index contributed by atoms with van der Waals surface area (Å²) in [5.41, 5.74) is 3.31. The maximum Gasteiger partial charge on any atom is 0.200 e. The number of nitrogens with zero attached hydrogens (tertiary/aromatic N) is 3. The van der Waals surface area contributed by atoms with Gasteiger partial charge in [-0.15, -0.1) is 0 Å². The van der Waals surface area contributed by atoms with Crippen molar-refractivity contribution in [2.75, 3.05) is 0 Å². The molecule has 0 aliphatic heterocycles. The fourth-order valence-electron chi connectivity index (χ4n) is 3.91. The van der Waals surface area contributed by atoms with E-state index in [1.165, 1.54) is 18.9 Å². The predicted molar refractivity (Wildman–Crippen MR) is 133 cm³/mol. The number of nitrogens with one attached hydrogen (secondary N) is 1. The maximum absolute atomic E-state index is 10.5. The minimum atomic E-state index is -0.0377. The van der Waals surface area contributed by atoms with Crippen LogP contribution in [0.4, 0.5) is 0 Å². The Kier molecular flexibility index (Phi) is 7.75. The van der Waals surface area contributed by atoms with Crippen LogP contribution in [0.5, 0.6) is 11.5 Å². The standard InChI is InChI=1S/C23H26N4O2S.C2H6/c1-3-5-6-11-26-12-10-16-18(26)8-7-9-19(16)27-22(24-25-23(27)30)17-13-15(4-2)20(28)14-21(17)29;1-2/h7-10,12-14,28-29H,3-6,11H2,1-2H3,(H,25,30);1-2H3. The predicted octanol–water partition coefficient (Wildman–Crippen LogP) is 6.74. The van der Waals surface area contributed by atoms with Gasteiger partial charge < -0.3 is 14.8 Å². The van der Waals surface area contributed by atoms with Gasteiger partial charge in [0.2, 0.25) is 0 Å². The first-order valence-corrected chi connectivity index (χ1v) is 11.8. The molecule has 0 atom stereocenters. The van der Waals surface area contributed by atoms with Crippen LogP contribution in [0.25, 0.3) is 28.0 Å². The maximum atomic E-state index is 10.5. The average Bonchev–Trinajstić information content (AvgIpc) is 3.39. The van der Waals surface area contributed by atoms with Gasteiger partial charge in [0.15, 0.2) is 10.6 Å². The van der Waals surface area contributed by atoms with Crippen molar-refractivity contribution in [2.45, 2.75) is 59.9 Å². The number of aromatic amines is 1. The first-order valence-electron chi connectivity index (χ1n) is 11.4. The molecule has 0 bridgehead atoms. The van der Waals surface area contributed by atoms with Crippen LogP contribution in [0.15, 0.2) is 42.6 Å². The molecule has 6 nitrogen and oxygen atoms in total. The molecule has 0 saturated heterocycles. The van der Waals surface area contributed by atoms with Crippen LogP contribution in [0.2, 0.25) is 0 Å². The van der Waals surface area contributed by atoms with E-state index < -0.39 is 0 Å². The van der Waals surface area contributed by atoms with Gasteiger partial charge in [-0.3, -0.25) is 9.67 Å². The number of rotatable bonds is 7. The molecule has 0 aliphatic carbocycles. The zero-order chi connectivity index (χ0) is 23.3. The molecule has 0 unspecified atom stereocenters. The summed E-state index contributed by atoms with van der Waals surface area (Å²) in [6.07, 6.45) is 6.28. The fraction of sp³-hybridized carbons (Fsp3) is 0.360. The number of hydrogen-bond acceptors (Lipinski definition) is 4. The summed E-state index contributed by atoms with van der Waals surface area (Å²) >= 11 is 5.55. The summed E-state index contributed by atoms with van der Waals surface area (Å²) in [6.45, 7) is 9.13. The summed E-state index contributed by atoms with van der Waals surface area (Å²) < 4.78 is 4.56. The molecule has 2 aromatic heterocycles. The number of H-pyrrole nitrogens is 1. The van der Waals surface area contributed by atoms with Gasteiger partial charge in [-0.1, -0.05) is 46.6 Å². The van der Waals surface area contributed by atoms with E-state index in [9.17, 15) is 10.2 Å². The number of fused-ring (bicyclic) bond motifs is 1. The SMILES string of the molecule is CC.CCCCCn1ccc2c(-n3c(-c4cc(CC)c(O)cc4O)n[nH]c3=S)cccc21. The Labute approximate surface area is 194 Å². The number of aryl methyl sites for hydroxylation is 2. The monoisotopic (exact) mass is 452 g/mol. The largest absolute Gasteiger partial charge is 0.508 e. The normalized spacial score (nSPS) is 10.9. The van der Waals surface area contributed by atoms with Crippen molar-refractivity contribution >= 4 is 23.1 Å². The van der Waals surface area contributed by atoms with Crippen LogP contribution in [0, 0.1) is 4.77 Å². The van der Waals surface area contributed by atoms with Gasteiger partial charge in [0.1, 0.15) is 11.5 Å². The molecular formula is C25H32N4O2S. The van der Waals surface area contributed by atoms with Crippen LogP contribution >= 0.6 is 12.2 Å². The molecule has 7 heteroatoms. The smallest absolute Gasteiger partial charge is 0.200 e. The Balaban J connectivity index is 0.00000141. The second-order valence-electron chi connectivity index (χ2n) is 7.47. The molecule has 4 aromatic rings. The van der Waals surface area contributed by atoms with Gasteiger partial charge in [0, 0.05) is 24.2 Å². The molecule has 0 radical (unpaired) electrons. The molecule has 32 heavy (non-hydrogen) atoms. The van der Waals surface area contributed by atoms with Crippen LogP contribution in [0.1, 0.15) is 52.5 Å². The van der Waals surface area contributed by atoms with Crippen LogP contribution in [0.3, 0.4) is 0 Å². The van der Waals surface area contributed by atoms with Gasteiger partial charge in [0.05, 0.1) is 16.8 Å². The first kappa shape index (κ1) is 23.6. The fourth-order valence-corrected chi connectivity index (χ4v) is 4.15. The third-order valence-electron chi connectivity index (χ3n) is 5.53. The third-order valence-corrected chi connectivity index (χ3v) is 5.80. The summed E-state index contributed by atoms with van der Waals surface area (Å²) in [7, 11) is 0. The average molecular weight is 453 g/mol. The first-order chi connectivity index (χ1) is 15.5. The second-order valence-corrected chi connectivity index (χ2v) is 7.85. The highest BCUT2D eigenvalue weighted by Crippen LogP contribution is 2.36. The van der Waals surface area contributed by atoms with Gasteiger partial charge in [-0.2, -0.15) is 5.10 Å². The minimum absolute atomic E-state index is 0.0377. The van der Waals surface area contributed by atoms with Gasteiger partial charge >= 0.3 is 0 Å². The number of aromatic hydroxyl groups is 2. The Bertz CT molecular complexity index is 1250. The Morgan fingerprint density at radius 3 is 2.53 bits per heavy atom. The minimum Gasteiger partial charge on any atom is -0.508 e. The van der Waals surface area contributed by atoms with Crippen molar-refractivity contribution in [3.05, 3.63) is 52.9 Å². The van der Waals surface area contributed by atoms with E-state index in [4.69, 9.17) is 12.2 Å². The lowest BCUT2D eigenvalue weighted by atomic mass is 10.1. The molecule has 0 amide bonds. The quantitative estimate of drug-likeness (QED) is 0.214. The number of aromatic nitrogens is 4. The van der Waals surface area contributed by atoms with E-state index >= 15 is 0 Å². The number of benzene rings is 2. The molecule has 170 valence electrons. The topological polar surface area (TPSA) is 79.0 Å². The highest BCUT2D eigenvalue weighted by molar-refractivity contribution is 7.71. The molecule has 3 N–H and O–H groups in total. The number of hydrogen-bond donors (Lipinski definition) is 3. The van der Waals surface area contributed by atoms with Gasteiger partial charge in [-0.05, 0) is 54.9 Å². The molecule has 2 aromatic carbocycles. The Hall–Kier alpha value is -3.06. The molecule has 0 fully saturated rings. The second kappa shape index (κ2) is 10.5. The number of phenolic OH excluding ortho intramolecular Hbond substituents is 2. The lowest BCUT2D eigenvalue weighted by Gasteiger charge is -2.12. The van der Waals surface area contributed by atoms with Crippen molar-refractivity contribution in [1.82, 2.24) is 19.3 Å². The molecule has 0 spiro atoms. The van der Waals surface area contributed by atoms with Crippen molar-refractivity contribution in [3.63, 3.8) is 0 Å². The van der Waals surface area contributed by atoms with Crippen LogP contribution in [-0.2, 0) is 13.0 Å². The summed E-state index contributed by atoms with van der Waals surface area (Å²) in [6, 6.07) is 11.4. The summed E-state index contributed by atoms with van der Waals surface area (Å²) in [4.78, 5) is 0. The van der Waals surface area contributed by atoms with Crippen molar-refractivity contribution in [2.24, 2.45) is 0 Å². The third kappa shape index (κ3) is 4.43. The van der Waals surface area contributed by atoms with Crippen LogP contribution < -0.4 is 0 Å². The lowest BCUT2D eigenvalue weighted by Crippen LogP contribution is -2.00. The van der Waals surface area contributed by atoms with Crippen molar-refractivity contribution in [1.29, 1.82) is 0 Å². The zero-order valence-electron chi connectivity index (χ0n) is 19.2. The summed E-state index contributed by atoms with van der Waals surface area (Å²) in [5, 5.41) is 28.9. The van der Waals surface area contributed by atoms with Gasteiger partial charge in [0.25, 0.3) is 0 Å². The van der Waals surface area contributed by atoms with E-state index in [0.717, 1.165) is 35.1 Å². The molecule has 0 aliphatic rings. The Morgan fingerprint density at radius 1 is 1.03 bits per heavy atom. The van der Waals surface area contributed by atoms with Crippen molar-refractivity contribution < 1.29 is 10.2 Å². The Morgan fingerprint density at radius 2 is 1.81 bits per heavy atom. The highest BCUT2D eigenvalue weighted by Gasteiger charge is 2.18. The van der Waals surface area contributed by atoms with Crippen molar-refractivity contribution in [3.8, 4) is 28.6 Å². The van der Waals surface area contributed by atoms with E-state index in [1.807, 2.05) is 37.5 Å². The zero-order valence-corrected chi connectivity index (χ0v) is 20.0. The molecular weight excluding hydrogens is 420 g/mol. The number of unbranched alkanes of at least 4 members (excludes halogenated alkanes) is 2. The highest BCUT2D eigenvalue weighted by atomic mass is 32.1. The van der Waals surface area contributed by atoms with Gasteiger partial charge in [-0.25, -0.2) is 0 Å². The molecule has 0 saturated carbocycles. The van der Waals surface area contributed by atoms with Crippen LogP contribution in [-0.4, -0.2) is 29.5 Å². The summed E-state index contributed by atoms with van der Waals surface area (Å²) in [5.74, 6) is 0.549. The molecule has 4 rings (SSSR count).